The number of allylic oxidation sites excluding steroid dienone is 2. The Morgan fingerprint density at radius 3 is 1.91 bits per heavy atom. The molecule has 0 spiro atoms. The predicted octanol–water partition coefficient (Wildman–Crippen LogP) is 4.82. The van der Waals surface area contributed by atoms with Gasteiger partial charge in [0.25, 0.3) is 0 Å². The lowest BCUT2D eigenvalue weighted by Crippen LogP contribution is -2.43. The zero-order valence-corrected chi connectivity index (χ0v) is 22.1. The monoisotopic (exact) mass is 507 g/mol. The van der Waals surface area contributed by atoms with Gasteiger partial charge in [-0.15, -0.1) is 0 Å². The Hall–Kier alpha value is -0.840. The van der Waals surface area contributed by atoms with Gasteiger partial charge in [0, 0.05) is 50.0 Å². The first-order chi connectivity index (χ1) is 15.5. The summed E-state index contributed by atoms with van der Waals surface area (Å²) in [6.45, 7) is 0.549. The molecule has 4 nitrogen and oxygen atoms in total. The van der Waals surface area contributed by atoms with Crippen molar-refractivity contribution in [3.8, 4) is 0 Å². The summed E-state index contributed by atoms with van der Waals surface area (Å²) in [6.07, 6.45) is 2.98. The highest BCUT2D eigenvalue weighted by Crippen LogP contribution is 2.64. The van der Waals surface area contributed by atoms with E-state index in [0.717, 1.165) is 37.7 Å². The minimum atomic E-state index is -2.57. The Kier molecular flexibility index (Phi) is 8.05. The van der Waals surface area contributed by atoms with Crippen molar-refractivity contribution >= 4 is 46.8 Å². The number of hydrogen-bond donors (Lipinski definition) is 0. The van der Waals surface area contributed by atoms with Gasteiger partial charge in [0.15, 0.2) is 0 Å². The molecule has 0 radical (unpaired) electrons. The molecule has 1 unspecified atom stereocenters. The summed E-state index contributed by atoms with van der Waals surface area (Å²) in [4.78, 5) is 2.47. The first-order valence-corrected chi connectivity index (χ1v) is 16.5. The van der Waals surface area contributed by atoms with E-state index < -0.39 is 12.5 Å². The molecule has 2 aliphatic rings. The van der Waals surface area contributed by atoms with Gasteiger partial charge in [0.1, 0.15) is 0 Å². The first-order valence-electron chi connectivity index (χ1n) is 11.0. The van der Waals surface area contributed by atoms with Crippen molar-refractivity contribution in [1.29, 1.82) is 0 Å². The maximum absolute atomic E-state index is 6.77. The maximum atomic E-state index is 6.77. The molecule has 2 aromatic rings. The van der Waals surface area contributed by atoms with Crippen LogP contribution in [0.15, 0.2) is 71.7 Å². The fourth-order valence-electron chi connectivity index (χ4n) is 4.85. The molecular formula is C24H31NO3P2S2. The molecular weight excluding hydrogens is 476 g/mol. The molecule has 0 aromatic heterocycles. The van der Waals surface area contributed by atoms with Crippen LogP contribution in [0.5, 0.6) is 0 Å². The van der Waals surface area contributed by atoms with Crippen molar-refractivity contribution in [2.75, 3.05) is 40.5 Å². The van der Waals surface area contributed by atoms with Crippen LogP contribution >= 0.6 is 12.5 Å². The average molecular weight is 508 g/mol. The van der Waals surface area contributed by atoms with E-state index in [4.69, 9.17) is 37.4 Å². The highest BCUT2D eigenvalue weighted by atomic mass is 32.5. The van der Waals surface area contributed by atoms with E-state index in [0.29, 0.717) is 13.2 Å². The van der Waals surface area contributed by atoms with Crippen LogP contribution < -0.4 is 10.6 Å². The fourth-order valence-corrected chi connectivity index (χ4v) is 11.9. The van der Waals surface area contributed by atoms with E-state index in [9.17, 15) is 0 Å². The molecule has 0 N–H and O–H groups in total. The van der Waals surface area contributed by atoms with Crippen molar-refractivity contribution in [1.82, 2.24) is 4.90 Å². The molecule has 4 rings (SSSR count). The van der Waals surface area contributed by atoms with Gasteiger partial charge in [-0.25, -0.2) is 0 Å². The molecule has 0 saturated carbocycles. The highest BCUT2D eigenvalue weighted by molar-refractivity contribution is 8.22. The van der Waals surface area contributed by atoms with Gasteiger partial charge >= 0.3 is 0 Å². The second kappa shape index (κ2) is 10.6. The van der Waals surface area contributed by atoms with Crippen molar-refractivity contribution in [2.24, 2.45) is 0 Å². The fraction of sp³-hybridized carbons (Fsp3) is 0.417. The van der Waals surface area contributed by atoms with Crippen molar-refractivity contribution < 1.29 is 13.8 Å². The minimum absolute atomic E-state index is 0.191. The van der Waals surface area contributed by atoms with Crippen LogP contribution in [0.1, 0.15) is 19.3 Å². The average Bonchev–Trinajstić information content (AvgIpc) is 2.89. The molecule has 0 bridgehead atoms. The summed E-state index contributed by atoms with van der Waals surface area (Å²) in [5.74, 6) is 0. The first kappa shape index (κ1) is 24.3. The molecule has 172 valence electrons. The van der Waals surface area contributed by atoms with Gasteiger partial charge in [0.05, 0.1) is 13.2 Å². The topological polar surface area (TPSA) is 30.9 Å². The SMILES string of the molecule is COP(=S)(OC)C1=C(N2CCOCC2)C(P(=S)(c2ccccc2)c2ccccc2)CCC1. The van der Waals surface area contributed by atoms with Gasteiger partial charge in [-0.1, -0.05) is 72.5 Å². The van der Waals surface area contributed by atoms with Crippen molar-refractivity contribution in [3.05, 3.63) is 71.7 Å². The molecule has 1 saturated heterocycles. The van der Waals surface area contributed by atoms with Gasteiger partial charge in [0.2, 0.25) is 6.49 Å². The van der Waals surface area contributed by atoms with E-state index in [1.807, 2.05) is 0 Å². The number of benzene rings is 2. The zero-order chi connectivity index (χ0) is 22.6. The smallest absolute Gasteiger partial charge is 0.216 e. The van der Waals surface area contributed by atoms with Crippen LogP contribution in [0, 0.1) is 0 Å². The second-order valence-corrected chi connectivity index (χ2v) is 16.4. The predicted molar refractivity (Wildman–Crippen MR) is 142 cm³/mol. The van der Waals surface area contributed by atoms with Gasteiger partial charge in [-0.3, -0.25) is 0 Å². The van der Waals surface area contributed by atoms with Crippen molar-refractivity contribution in [3.63, 3.8) is 0 Å². The third-order valence-corrected chi connectivity index (χ3v) is 15.6. The lowest BCUT2D eigenvalue weighted by molar-refractivity contribution is 0.0512. The molecule has 1 aliphatic heterocycles. The van der Waals surface area contributed by atoms with E-state index in [-0.39, 0.29) is 5.66 Å². The normalized spacial score (nSPS) is 20.4. The second-order valence-electron chi connectivity index (χ2n) is 8.03. The molecule has 0 amide bonds. The molecule has 1 atom stereocenters. The molecule has 1 fully saturated rings. The summed E-state index contributed by atoms with van der Waals surface area (Å²) < 4.78 is 17.5. The molecule has 1 aliphatic carbocycles. The quantitative estimate of drug-likeness (QED) is 0.500. The zero-order valence-electron chi connectivity index (χ0n) is 18.7. The number of morpholine rings is 1. The van der Waals surface area contributed by atoms with Gasteiger partial charge in [-0.2, -0.15) is 0 Å². The molecule has 32 heavy (non-hydrogen) atoms. The third kappa shape index (κ3) is 4.57. The van der Waals surface area contributed by atoms with E-state index in [2.05, 4.69) is 65.6 Å². The summed E-state index contributed by atoms with van der Waals surface area (Å²) in [5.41, 5.74) is 1.47. The van der Waals surface area contributed by atoms with E-state index in [1.54, 1.807) is 14.2 Å². The van der Waals surface area contributed by atoms with Crippen LogP contribution in [0.4, 0.5) is 0 Å². The Labute approximate surface area is 202 Å². The Balaban J connectivity index is 1.97. The molecule has 1 heterocycles. The van der Waals surface area contributed by atoms with Crippen LogP contribution in [0.25, 0.3) is 0 Å². The van der Waals surface area contributed by atoms with Crippen LogP contribution in [-0.4, -0.2) is 51.1 Å². The number of hydrogen-bond acceptors (Lipinski definition) is 6. The highest BCUT2D eigenvalue weighted by Gasteiger charge is 2.43. The largest absolute Gasteiger partial charge is 0.378 e. The van der Waals surface area contributed by atoms with E-state index in [1.165, 1.54) is 16.3 Å². The molecule has 2 aromatic carbocycles. The Morgan fingerprint density at radius 2 is 1.41 bits per heavy atom. The number of rotatable bonds is 7. The van der Waals surface area contributed by atoms with E-state index >= 15 is 0 Å². The third-order valence-electron chi connectivity index (χ3n) is 6.38. The summed E-state index contributed by atoms with van der Waals surface area (Å²) in [5, 5.41) is 3.67. The van der Waals surface area contributed by atoms with Crippen molar-refractivity contribution in [2.45, 2.75) is 24.9 Å². The van der Waals surface area contributed by atoms with Gasteiger partial charge in [-0.05, 0) is 41.7 Å². The summed E-state index contributed by atoms with van der Waals surface area (Å²) in [6, 6.07) is 19.2. The Morgan fingerprint density at radius 1 is 0.875 bits per heavy atom. The number of nitrogens with zero attached hydrogens (tertiary/aromatic N) is 1. The van der Waals surface area contributed by atoms with Crippen LogP contribution in [-0.2, 0) is 37.4 Å². The lowest BCUT2D eigenvalue weighted by Gasteiger charge is -2.45. The van der Waals surface area contributed by atoms with Crippen LogP contribution in [0.3, 0.4) is 0 Å². The molecule has 8 heteroatoms. The van der Waals surface area contributed by atoms with Gasteiger partial charge < -0.3 is 18.7 Å². The van der Waals surface area contributed by atoms with Crippen LogP contribution in [0.2, 0.25) is 0 Å². The number of ether oxygens (including phenoxy) is 1. The maximum Gasteiger partial charge on any atom is 0.216 e. The lowest BCUT2D eigenvalue weighted by atomic mass is 10.0. The summed E-state index contributed by atoms with van der Waals surface area (Å²) in [7, 11) is 3.37. The Bertz CT molecular complexity index is 988. The minimum Gasteiger partial charge on any atom is -0.378 e. The standard InChI is InChI=1S/C24H31NO3P2S2/c1-26-30(32,27-2)23-15-9-14-22(24(23)25-16-18-28-19-17-25)29(31,20-10-5-3-6-11-20)21-12-7-4-8-13-21/h3-8,10-13,22H,9,14-19H2,1-2H3. The summed E-state index contributed by atoms with van der Waals surface area (Å²) >= 11 is 12.8.